The topological polar surface area (TPSA) is 20.2 Å². The molecule has 11 heavy (non-hydrogen) atoms. The molecule has 1 nitrogen and oxygen atoms in total. The van der Waals surface area contributed by atoms with Gasteiger partial charge in [-0.05, 0) is 37.0 Å². The maximum Gasteiger partial charge on any atom is 0.0545 e. The molecular formula is C10H20O. The Labute approximate surface area is 69.8 Å². The van der Waals surface area contributed by atoms with Crippen molar-refractivity contribution in [3.63, 3.8) is 0 Å². The summed E-state index contributed by atoms with van der Waals surface area (Å²) < 4.78 is 0. The van der Waals surface area contributed by atoms with E-state index in [9.17, 15) is 5.11 Å². The lowest BCUT2D eigenvalue weighted by atomic mass is 9.76. The van der Waals surface area contributed by atoms with Crippen LogP contribution in [0.3, 0.4) is 0 Å². The highest BCUT2D eigenvalue weighted by Crippen LogP contribution is 2.33. The van der Waals surface area contributed by atoms with E-state index in [0.717, 1.165) is 30.6 Å². The maximum atomic E-state index is 9.50. The molecule has 0 bridgehead atoms. The smallest absolute Gasteiger partial charge is 0.0545 e. The van der Waals surface area contributed by atoms with Gasteiger partial charge < -0.3 is 5.11 Å². The summed E-state index contributed by atoms with van der Waals surface area (Å²) in [6.07, 6.45) is 3.34. The maximum absolute atomic E-state index is 9.50. The molecule has 0 aromatic rings. The predicted octanol–water partition coefficient (Wildman–Crippen LogP) is 2.44. The van der Waals surface area contributed by atoms with Gasteiger partial charge in [-0.25, -0.2) is 0 Å². The molecule has 1 aliphatic rings. The summed E-state index contributed by atoms with van der Waals surface area (Å²) in [5.41, 5.74) is 0. The second kappa shape index (κ2) is 3.57. The van der Waals surface area contributed by atoms with Gasteiger partial charge in [0.05, 0.1) is 6.10 Å². The van der Waals surface area contributed by atoms with Gasteiger partial charge in [0.2, 0.25) is 0 Å². The van der Waals surface area contributed by atoms with Crippen molar-refractivity contribution in [2.45, 2.75) is 46.1 Å². The third kappa shape index (κ3) is 2.48. The summed E-state index contributed by atoms with van der Waals surface area (Å²) in [4.78, 5) is 0. The van der Waals surface area contributed by atoms with Crippen LogP contribution in [0.5, 0.6) is 0 Å². The lowest BCUT2D eigenvalue weighted by Crippen LogP contribution is -2.27. The average molecular weight is 156 g/mol. The van der Waals surface area contributed by atoms with Crippen molar-refractivity contribution in [1.29, 1.82) is 0 Å². The summed E-state index contributed by atoms with van der Waals surface area (Å²) in [5.74, 6) is 2.23. The molecule has 66 valence electrons. The lowest BCUT2D eigenvalue weighted by Gasteiger charge is -2.32. The summed E-state index contributed by atoms with van der Waals surface area (Å²) in [6, 6.07) is 0. The Kier molecular flexibility index (Phi) is 2.94. The van der Waals surface area contributed by atoms with Gasteiger partial charge in [0.25, 0.3) is 0 Å². The van der Waals surface area contributed by atoms with E-state index in [-0.39, 0.29) is 6.10 Å². The Morgan fingerprint density at radius 2 is 1.82 bits per heavy atom. The largest absolute Gasteiger partial charge is 0.393 e. The van der Waals surface area contributed by atoms with Crippen molar-refractivity contribution in [3.05, 3.63) is 0 Å². The van der Waals surface area contributed by atoms with Crippen LogP contribution in [0.25, 0.3) is 0 Å². The Balaban J connectivity index is 2.43. The van der Waals surface area contributed by atoms with Gasteiger partial charge in [-0.2, -0.15) is 0 Å². The number of rotatable bonds is 1. The van der Waals surface area contributed by atoms with Gasteiger partial charge in [-0.1, -0.05) is 20.8 Å². The number of hydrogen-bond donors (Lipinski definition) is 1. The Bertz CT molecular complexity index is 110. The second-order valence-electron chi connectivity index (χ2n) is 4.47. The number of aliphatic hydroxyl groups excluding tert-OH is 1. The molecule has 1 fully saturated rings. The van der Waals surface area contributed by atoms with Crippen molar-refractivity contribution >= 4 is 0 Å². The molecule has 1 saturated carbocycles. The molecule has 1 rings (SSSR count). The molecule has 0 spiro atoms. The fourth-order valence-corrected chi connectivity index (χ4v) is 2.16. The van der Waals surface area contributed by atoms with E-state index >= 15 is 0 Å². The van der Waals surface area contributed by atoms with Crippen LogP contribution >= 0.6 is 0 Å². The van der Waals surface area contributed by atoms with Crippen LogP contribution in [-0.4, -0.2) is 11.2 Å². The Hall–Kier alpha value is -0.0400. The number of hydrogen-bond acceptors (Lipinski definition) is 1. The molecule has 3 atom stereocenters. The first kappa shape index (κ1) is 9.05. The van der Waals surface area contributed by atoms with Crippen molar-refractivity contribution < 1.29 is 5.11 Å². The molecule has 0 amide bonds. The van der Waals surface area contributed by atoms with Gasteiger partial charge in [0.1, 0.15) is 0 Å². The van der Waals surface area contributed by atoms with Crippen molar-refractivity contribution in [2.75, 3.05) is 0 Å². The van der Waals surface area contributed by atoms with Gasteiger partial charge in [0, 0.05) is 0 Å². The minimum atomic E-state index is -0.0221. The SMILES string of the molecule is CC1C[C@H](O)C[C@H](C(C)C)C1. The van der Waals surface area contributed by atoms with Crippen LogP contribution in [0.1, 0.15) is 40.0 Å². The second-order valence-corrected chi connectivity index (χ2v) is 4.47. The molecule has 1 unspecified atom stereocenters. The van der Waals surface area contributed by atoms with E-state index in [0.29, 0.717) is 0 Å². The highest BCUT2D eigenvalue weighted by Gasteiger charge is 2.26. The van der Waals surface area contributed by atoms with Crippen LogP contribution in [0.15, 0.2) is 0 Å². The van der Waals surface area contributed by atoms with Crippen LogP contribution in [0, 0.1) is 17.8 Å². The van der Waals surface area contributed by atoms with Gasteiger partial charge in [0.15, 0.2) is 0 Å². The fraction of sp³-hybridized carbons (Fsp3) is 1.00. The first-order valence-corrected chi connectivity index (χ1v) is 4.77. The van der Waals surface area contributed by atoms with E-state index in [1.165, 1.54) is 6.42 Å². The quantitative estimate of drug-likeness (QED) is 0.618. The van der Waals surface area contributed by atoms with E-state index < -0.39 is 0 Å². The molecule has 1 N–H and O–H groups in total. The first-order valence-electron chi connectivity index (χ1n) is 4.77. The molecule has 0 heterocycles. The summed E-state index contributed by atoms with van der Waals surface area (Å²) in [6.45, 7) is 6.77. The van der Waals surface area contributed by atoms with Crippen LogP contribution in [0.2, 0.25) is 0 Å². The van der Waals surface area contributed by atoms with Crippen LogP contribution in [0.4, 0.5) is 0 Å². The standard InChI is InChI=1S/C10H20O/c1-7(2)9-4-8(3)5-10(11)6-9/h7-11H,4-6H2,1-3H3/t8?,9-,10+/m1/s1. The molecular weight excluding hydrogens is 136 g/mol. The molecule has 1 aliphatic carbocycles. The highest BCUT2D eigenvalue weighted by molar-refractivity contribution is 4.77. The van der Waals surface area contributed by atoms with E-state index in [1.54, 1.807) is 0 Å². The summed E-state index contributed by atoms with van der Waals surface area (Å²) >= 11 is 0. The highest BCUT2D eigenvalue weighted by atomic mass is 16.3. The lowest BCUT2D eigenvalue weighted by molar-refractivity contribution is 0.0599. The van der Waals surface area contributed by atoms with Crippen molar-refractivity contribution in [3.8, 4) is 0 Å². The molecule has 0 saturated heterocycles. The molecule has 0 aliphatic heterocycles. The first-order chi connectivity index (χ1) is 5.09. The van der Waals surface area contributed by atoms with E-state index in [2.05, 4.69) is 20.8 Å². The predicted molar refractivity (Wildman–Crippen MR) is 47.3 cm³/mol. The monoisotopic (exact) mass is 156 g/mol. The number of aliphatic hydroxyl groups is 1. The average Bonchev–Trinajstić information content (AvgIpc) is 1.85. The zero-order valence-corrected chi connectivity index (χ0v) is 7.88. The van der Waals surface area contributed by atoms with Gasteiger partial charge in [-0.3, -0.25) is 0 Å². The fourth-order valence-electron chi connectivity index (χ4n) is 2.16. The summed E-state index contributed by atoms with van der Waals surface area (Å²) in [7, 11) is 0. The molecule has 0 aromatic carbocycles. The van der Waals surface area contributed by atoms with Crippen LogP contribution < -0.4 is 0 Å². The van der Waals surface area contributed by atoms with Crippen molar-refractivity contribution in [1.82, 2.24) is 0 Å². The summed E-state index contributed by atoms with van der Waals surface area (Å²) in [5, 5.41) is 9.50. The van der Waals surface area contributed by atoms with Crippen molar-refractivity contribution in [2.24, 2.45) is 17.8 Å². The Morgan fingerprint density at radius 1 is 1.18 bits per heavy atom. The minimum Gasteiger partial charge on any atom is -0.393 e. The normalized spacial score (nSPS) is 39.5. The van der Waals surface area contributed by atoms with Gasteiger partial charge in [-0.15, -0.1) is 0 Å². The van der Waals surface area contributed by atoms with E-state index in [4.69, 9.17) is 0 Å². The molecule has 0 aromatic heterocycles. The molecule has 1 heteroatoms. The van der Waals surface area contributed by atoms with Crippen LogP contribution in [-0.2, 0) is 0 Å². The van der Waals surface area contributed by atoms with E-state index in [1.807, 2.05) is 0 Å². The third-order valence-corrected chi connectivity index (χ3v) is 2.90. The van der Waals surface area contributed by atoms with Gasteiger partial charge >= 0.3 is 0 Å². The third-order valence-electron chi connectivity index (χ3n) is 2.90. The zero-order valence-electron chi connectivity index (χ0n) is 7.88. The Morgan fingerprint density at radius 3 is 2.27 bits per heavy atom. The molecule has 0 radical (unpaired) electrons. The zero-order chi connectivity index (χ0) is 8.43. The minimum absolute atomic E-state index is 0.0221.